The average molecular weight is 218 g/mol. The number of hydrogen-bond donors (Lipinski definition) is 1. The fraction of sp³-hybridized carbons (Fsp3) is 0.571. The molecule has 1 aliphatic heterocycles. The summed E-state index contributed by atoms with van der Waals surface area (Å²) in [6.45, 7) is 6.68. The Morgan fingerprint density at radius 3 is 3.00 bits per heavy atom. The Hall–Kier alpha value is -1.02. The quantitative estimate of drug-likeness (QED) is 0.836. The Balaban J connectivity index is 2.13. The maximum absolute atomic E-state index is 3.50. The van der Waals surface area contributed by atoms with E-state index in [0.29, 0.717) is 6.04 Å². The van der Waals surface area contributed by atoms with E-state index in [4.69, 9.17) is 0 Å². The fourth-order valence-corrected chi connectivity index (χ4v) is 2.28. The van der Waals surface area contributed by atoms with Gasteiger partial charge in [-0.2, -0.15) is 0 Å². The lowest BCUT2D eigenvalue weighted by Crippen LogP contribution is -2.28. The second kappa shape index (κ2) is 4.88. The maximum atomic E-state index is 3.50. The molecule has 0 amide bonds. The summed E-state index contributed by atoms with van der Waals surface area (Å²) in [7, 11) is 2.21. The first-order chi connectivity index (χ1) is 7.72. The molecule has 16 heavy (non-hydrogen) atoms. The highest BCUT2D eigenvalue weighted by Crippen LogP contribution is 2.27. The minimum absolute atomic E-state index is 0.650. The lowest BCUT2D eigenvalue weighted by molar-refractivity contribution is 0.244. The average Bonchev–Trinajstić information content (AvgIpc) is 2.77. The lowest BCUT2D eigenvalue weighted by Gasteiger charge is -2.24. The smallest absolute Gasteiger partial charge is 0.0419 e. The molecule has 1 heterocycles. The predicted octanol–water partition coefficient (Wildman–Crippen LogP) is 2.88. The predicted molar refractivity (Wildman–Crippen MR) is 69.9 cm³/mol. The Morgan fingerprint density at radius 2 is 2.25 bits per heavy atom. The molecule has 0 saturated heterocycles. The van der Waals surface area contributed by atoms with Gasteiger partial charge in [0, 0.05) is 24.8 Å². The van der Waals surface area contributed by atoms with E-state index in [1.165, 1.54) is 29.7 Å². The number of rotatable bonds is 4. The Morgan fingerprint density at radius 1 is 1.44 bits per heavy atom. The second-order valence-electron chi connectivity index (χ2n) is 4.80. The first-order valence-corrected chi connectivity index (χ1v) is 6.27. The van der Waals surface area contributed by atoms with E-state index < -0.39 is 0 Å². The number of nitrogens with zero attached hydrogens (tertiary/aromatic N) is 1. The number of hydrogen-bond acceptors (Lipinski definition) is 2. The van der Waals surface area contributed by atoms with E-state index >= 15 is 0 Å². The molecule has 1 aliphatic rings. The van der Waals surface area contributed by atoms with Crippen molar-refractivity contribution >= 4 is 5.69 Å². The maximum Gasteiger partial charge on any atom is 0.0419 e. The van der Waals surface area contributed by atoms with E-state index in [2.05, 4.69) is 49.3 Å². The summed E-state index contributed by atoms with van der Waals surface area (Å²) in [5, 5.41) is 3.50. The minimum Gasteiger partial charge on any atom is -0.384 e. The van der Waals surface area contributed by atoms with E-state index in [1.807, 2.05) is 0 Å². The molecule has 0 bridgehead atoms. The van der Waals surface area contributed by atoms with E-state index in [9.17, 15) is 0 Å². The van der Waals surface area contributed by atoms with Crippen molar-refractivity contribution in [2.75, 3.05) is 18.9 Å². The SMILES string of the molecule is CCC(C)N(C)Cc1cccc2c1NCC2. The highest BCUT2D eigenvalue weighted by atomic mass is 15.1. The van der Waals surface area contributed by atoms with E-state index in [-0.39, 0.29) is 0 Å². The molecule has 0 radical (unpaired) electrons. The molecule has 1 aromatic carbocycles. The molecule has 1 atom stereocenters. The zero-order valence-corrected chi connectivity index (χ0v) is 10.6. The monoisotopic (exact) mass is 218 g/mol. The van der Waals surface area contributed by atoms with E-state index in [1.54, 1.807) is 0 Å². The first kappa shape index (κ1) is 11.5. The standard InChI is InChI=1S/C14H22N2/c1-4-11(2)16(3)10-13-7-5-6-12-8-9-15-14(12)13/h5-7,11,15H,4,8-10H2,1-3H3. The molecule has 88 valence electrons. The topological polar surface area (TPSA) is 15.3 Å². The Labute approximate surface area is 98.7 Å². The van der Waals surface area contributed by atoms with Crippen molar-refractivity contribution in [3.63, 3.8) is 0 Å². The van der Waals surface area contributed by atoms with Crippen LogP contribution < -0.4 is 5.32 Å². The van der Waals surface area contributed by atoms with Crippen LogP contribution in [0.4, 0.5) is 5.69 Å². The van der Waals surface area contributed by atoms with Crippen LogP contribution in [0, 0.1) is 0 Å². The van der Waals surface area contributed by atoms with Crippen LogP contribution in [0.2, 0.25) is 0 Å². The van der Waals surface area contributed by atoms with Crippen molar-refractivity contribution in [1.82, 2.24) is 4.90 Å². The summed E-state index contributed by atoms with van der Waals surface area (Å²) >= 11 is 0. The largest absolute Gasteiger partial charge is 0.384 e. The van der Waals surface area contributed by atoms with Crippen LogP contribution in [0.15, 0.2) is 18.2 Å². The van der Waals surface area contributed by atoms with Crippen molar-refractivity contribution in [2.24, 2.45) is 0 Å². The van der Waals surface area contributed by atoms with Gasteiger partial charge in [0.1, 0.15) is 0 Å². The highest BCUT2D eigenvalue weighted by molar-refractivity contribution is 5.61. The third-order valence-electron chi connectivity index (χ3n) is 3.70. The van der Waals surface area contributed by atoms with Gasteiger partial charge in [-0.05, 0) is 37.9 Å². The van der Waals surface area contributed by atoms with Crippen molar-refractivity contribution in [1.29, 1.82) is 0 Å². The van der Waals surface area contributed by atoms with Gasteiger partial charge in [-0.25, -0.2) is 0 Å². The van der Waals surface area contributed by atoms with Crippen molar-refractivity contribution in [3.05, 3.63) is 29.3 Å². The van der Waals surface area contributed by atoms with Crippen LogP contribution in [0.3, 0.4) is 0 Å². The Kier molecular flexibility index (Phi) is 3.49. The molecule has 0 saturated carbocycles. The van der Waals surface area contributed by atoms with Gasteiger partial charge in [-0.15, -0.1) is 0 Å². The lowest BCUT2D eigenvalue weighted by atomic mass is 10.1. The van der Waals surface area contributed by atoms with Crippen LogP contribution in [0.5, 0.6) is 0 Å². The minimum atomic E-state index is 0.650. The third-order valence-corrected chi connectivity index (χ3v) is 3.70. The number of anilines is 1. The molecular formula is C14H22N2. The third kappa shape index (κ3) is 2.22. The molecular weight excluding hydrogens is 196 g/mol. The van der Waals surface area contributed by atoms with Crippen molar-refractivity contribution in [2.45, 2.75) is 39.3 Å². The summed E-state index contributed by atoms with van der Waals surface area (Å²) in [6, 6.07) is 7.32. The van der Waals surface area contributed by atoms with Gasteiger partial charge in [0.15, 0.2) is 0 Å². The molecule has 1 unspecified atom stereocenters. The van der Waals surface area contributed by atoms with Crippen LogP contribution in [0.1, 0.15) is 31.4 Å². The highest BCUT2D eigenvalue weighted by Gasteiger charge is 2.15. The summed E-state index contributed by atoms with van der Waals surface area (Å²) < 4.78 is 0. The van der Waals surface area contributed by atoms with Gasteiger partial charge in [-0.1, -0.05) is 25.1 Å². The van der Waals surface area contributed by atoms with Gasteiger partial charge >= 0.3 is 0 Å². The molecule has 1 aromatic rings. The normalized spacial score (nSPS) is 16.0. The summed E-state index contributed by atoms with van der Waals surface area (Å²) in [4.78, 5) is 2.43. The number of fused-ring (bicyclic) bond motifs is 1. The van der Waals surface area contributed by atoms with Gasteiger partial charge in [0.2, 0.25) is 0 Å². The zero-order chi connectivity index (χ0) is 11.5. The van der Waals surface area contributed by atoms with Gasteiger partial charge in [0.25, 0.3) is 0 Å². The number of para-hydroxylation sites is 1. The molecule has 0 aromatic heterocycles. The number of benzene rings is 1. The van der Waals surface area contributed by atoms with Crippen molar-refractivity contribution < 1.29 is 0 Å². The Bertz CT molecular complexity index is 360. The molecule has 0 spiro atoms. The first-order valence-electron chi connectivity index (χ1n) is 6.27. The molecule has 0 aliphatic carbocycles. The zero-order valence-electron chi connectivity index (χ0n) is 10.6. The fourth-order valence-electron chi connectivity index (χ4n) is 2.28. The molecule has 2 nitrogen and oxygen atoms in total. The van der Waals surface area contributed by atoms with Gasteiger partial charge in [-0.3, -0.25) is 4.90 Å². The summed E-state index contributed by atoms with van der Waals surface area (Å²) in [6.07, 6.45) is 2.38. The van der Waals surface area contributed by atoms with Crippen molar-refractivity contribution in [3.8, 4) is 0 Å². The second-order valence-corrected chi connectivity index (χ2v) is 4.80. The van der Waals surface area contributed by atoms with Crippen LogP contribution >= 0.6 is 0 Å². The number of nitrogens with one attached hydrogen (secondary N) is 1. The summed E-state index contributed by atoms with van der Waals surface area (Å²) in [5.41, 5.74) is 4.31. The van der Waals surface area contributed by atoms with Crippen LogP contribution in [-0.2, 0) is 13.0 Å². The van der Waals surface area contributed by atoms with E-state index in [0.717, 1.165) is 13.1 Å². The van der Waals surface area contributed by atoms with Crippen LogP contribution in [-0.4, -0.2) is 24.5 Å². The van der Waals surface area contributed by atoms with Gasteiger partial charge < -0.3 is 5.32 Å². The molecule has 0 fully saturated rings. The van der Waals surface area contributed by atoms with Crippen LogP contribution in [0.25, 0.3) is 0 Å². The molecule has 2 heteroatoms. The molecule has 1 N–H and O–H groups in total. The molecule has 2 rings (SSSR count). The summed E-state index contributed by atoms with van der Waals surface area (Å²) in [5.74, 6) is 0. The van der Waals surface area contributed by atoms with Gasteiger partial charge in [0.05, 0.1) is 0 Å².